The topological polar surface area (TPSA) is 64.4 Å². The predicted molar refractivity (Wildman–Crippen MR) is 116 cm³/mol. The molecule has 32 heavy (non-hydrogen) atoms. The van der Waals surface area contributed by atoms with Crippen molar-refractivity contribution in [1.82, 2.24) is 4.31 Å². The van der Waals surface area contributed by atoms with Gasteiger partial charge in [-0.1, -0.05) is 29.8 Å². The number of nitriles is 1. The molecule has 0 N–H and O–H groups in total. The highest BCUT2D eigenvalue weighted by Gasteiger charge is 2.44. The lowest BCUT2D eigenvalue weighted by Gasteiger charge is -2.32. The molecule has 2 aliphatic rings. The fraction of sp³-hybridized carbons (Fsp3) is 0.409. The monoisotopic (exact) mass is 483 g/mol. The van der Waals surface area contributed by atoms with E-state index < -0.39 is 21.8 Å². The van der Waals surface area contributed by atoms with E-state index >= 15 is 0 Å². The van der Waals surface area contributed by atoms with Gasteiger partial charge in [-0.3, -0.25) is 0 Å². The molecule has 1 saturated heterocycles. The standard InChI is InChI=1S/C22H21ClF3N3O2S/c23-21-11-17(6-5-15(21)12-27)29(13-16-3-1-2-4-20(16)22(24,25)26)18-9-10-28(14-18)32(30,31)19-7-8-19/h1-6,11,18-19H,7-10,13-14H2/t18-/m0/s1. The van der Waals surface area contributed by atoms with Crippen LogP contribution in [0.5, 0.6) is 0 Å². The van der Waals surface area contributed by atoms with Gasteiger partial charge in [-0.25, -0.2) is 8.42 Å². The molecule has 0 radical (unpaired) electrons. The van der Waals surface area contributed by atoms with Crippen LogP contribution in [0.4, 0.5) is 18.9 Å². The van der Waals surface area contributed by atoms with Crippen molar-refractivity contribution in [1.29, 1.82) is 5.26 Å². The lowest BCUT2D eigenvalue weighted by atomic mass is 10.0. The molecular weight excluding hydrogens is 463 g/mol. The quantitative estimate of drug-likeness (QED) is 0.592. The van der Waals surface area contributed by atoms with Crippen LogP contribution >= 0.6 is 11.6 Å². The minimum atomic E-state index is -4.51. The largest absolute Gasteiger partial charge is 0.416 e. The average Bonchev–Trinajstić information content (AvgIpc) is 3.49. The lowest BCUT2D eigenvalue weighted by molar-refractivity contribution is -0.138. The van der Waals surface area contributed by atoms with Crippen molar-refractivity contribution in [2.24, 2.45) is 0 Å². The summed E-state index contributed by atoms with van der Waals surface area (Å²) in [6.07, 6.45) is -2.73. The van der Waals surface area contributed by atoms with E-state index in [1.807, 2.05) is 6.07 Å². The summed E-state index contributed by atoms with van der Waals surface area (Å²) in [4.78, 5) is 1.76. The molecule has 1 heterocycles. The summed E-state index contributed by atoms with van der Waals surface area (Å²) in [7, 11) is -3.38. The zero-order valence-electron chi connectivity index (χ0n) is 17.0. The molecule has 0 amide bonds. The van der Waals surface area contributed by atoms with Gasteiger partial charge in [0.05, 0.1) is 21.4 Å². The summed E-state index contributed by atoms with van der Waals surface area (Å²) in [6.45, 7) is 0.454. The third-order valence-electron chi connectivity index (χ3n) is 5.94. The second-order valence-corrected chi connectivity index (χ2v) is 10.7. The van der Waals surface area contributed by atoms with Crippen LogP contribution in [0.3, 0.4) is 0 Å². The SMILES string of the molecule is N#Cc1ccc(N(Cc2ccccc2C(F)(F)F)[C@H]2CCN(S(=O)(=O)C3CC3)C2)cc1Cl. The van der Waals surface area contributed by atoms with Crippen molar-refractivity contribution in [2.45, 2.75) is 43.3 Å². The molecule has 0 bridgehead atoms. The Labute approximate surface area is 190 Å². The number of halogens is 4. The molecule has 5 nitrogen and oxygen atoms in total. The molecule has 4 rings (SSSR count). The van der Waals surface area contributed by atoms with E-state index in [1.165, 1.54) is 22.5 Å². The first-order valence-corrected chi connectivity index (χ1v) is 12.1. The third kappa shape index (κ3) is 4.58. The van der Waals surface area contributed by atoms with Crippen molar-refractivity contribution >= 4 is 27.3 Å². The molecule has 1 atom stereocenters. The normalized spacial score (nSPS) is 19.7. The molecular formula is C22H21ClF3N3O2S. The molecule has 170 valence electrons. The van der Waals surface area contributed by atoms with Crippen molar-refractivity contribution in [2.75, 3.05) is 18.0 Å². The zero-order chi connectivity index (χ0) is 23.1. The van der Waals surface area contributed by atoms with E-state index in [9.17, 15) is 21.6 Å². The highest BCUT2D eigenvalue weighted by atomic mass is 35.5. The zero-order valence-corrected chi connectivity index (χ0v) is 18.6. The fourth-order valence-corrected chi connectivity index (χ4v) is 6.21. The summed E-state index contributed by atoms with van der Waals surface area (Å²) in [5, 5.41) is 9.01. The Kier molecular flexibility index (Phi) is 6.14. The van der Waals surface area contributed by atoms with E-state index in [2.05, 4.69) is 0 Å². The van der Waals surface area contributed by atoms with Crippen LogP contribution in [0.15, 0.2) is 42.5 Å². The number of nitrogens with zero attached hydrogens (tertiary/aromatic N) is 3. The van der Waals surface area contributed by atoms with Gasteiger partial charge >= 0.3 is 6.18 Å². The van der Waals surface area contributed by atoms with E-state index in [0.29, 0.717) is 31.5 Å². The van der Waals surface area contributed by atoms with Crippen LogP contribution in [0.25, 0.3) is 0 Å². The number of anilines is 1. The number of sulfonamides is 1. The number of hydrogen-bond donors (Lipinski definition) is 0. The van der Waals surface area contributed by atoms with Crippen molar-refractivity contribution in [3.63, 3.8) is 0 Å². The van der Waals surface area contributed by atoms with Crippen molar-refractivity contribution < 1.29 is 21.6 Å². The molecule has 2 aromatic rings. The molecule has 2 fully saturated rings. The lowest BCUT2D eigenvalue weighted by Crippen LogP contribution is -2.39. The van der Waals surface area contributed by atoms with Crippen LogP contribution in [0.2, 0.25) is 5.02 Å². The van der Waals surface area contributed by atoms with Crippen LogP contribution in [0, 0.1) is 11.3 Å². The summed E-state index contributed by atoms with van der Waals surface area (Å²) >= 11 is 6.20. The fourth-order valence-electron chi connectivity index (χ4n) is 4.10. The van der Waals surface area contributed by atoms with Gasteiger partial charge in [0, 0.05) is 31.4 Å². The molecule has 2 aromatic carbocycles. The number of benzene rings is 2. The Balaban J connectivity index is 1.69. The Morgan fingerprint density at radius 2 is 1.88 bits per heavy atom. The minimum absolute atomic E-state index is 0.0695. The third-order valence-corrected chi connectivity index (χ3v) is 8.62. The molecule has 0 unspecified atom stereocenters. The minimum Gasteiger partial charge on any atom is -0.363 e. The van der Waals surface area contributed by atoms with E-state index in [0.717, 1.165) is 6.07 Å². The van der Waals surface area contributed by atoms with Crippen LogP contribution in [0.1, 0.15) is 36.0 Å². The summed E-state index contributed by atoms with van der Waals surface area (Å²) < 4.78 is 67.6. The molecule has 1 aliphatic heterocycles. The molecule has 0 spiro atoms. The van der Waals surface area contributed by atoms with E-state index in [4.69, 9.17) is 16.9 Å². The van der Waals surface area contributed by atoms with Crippen molar-refractivity contribution in [3.05, 3.63) is 64.2 Å². The van der Waals surface area contributed by atoms with Crippen LogP contribution in [-0.2, 0) is 22.7 Å². The van der Waals surface area contributed by atoms with Gasteiger partial charge in [0.2, 0.25) is 10.0 Å². The number of rotatable bonds is 6. The Morgan fingerprint density at radius 1 is 1.16 bits per heavy atom. The Bertz CT molecular complexity index is 1160. The smallest absolute Gasteiger partial charge is 0.363 e. The maximum absolute atomic E-state index is 13.6. The highest BCUT2D eigenvalue weighted by Crippen LogP contribution is 2.37. The van der Waals surface area contributed by atoms with E-state index in [1.54, 1.807) is 23.1 Å². The first-order chi connectivity index (χ1) is 15.1. The van der Waals surface area contributed by atoms with Gasteiger partial charge in [-0.05, 0) is 49.1 Å². The molecule has 0 aromatic heterocycles. The van der Waals surface area contributed by atoms with Crippen molar-refractivity contribution in [3.8, 4) is 6.07 Å². The maximum Gasteiger partial charge on any atom is 0.416 e. The van der Waals surface area contributed by atoms with Gasteiger partial charge in [0.1, 0.15) is 6.07 Å². The van der Waals surface area contributed by atoms with Gasteiger partial charge in [-0.15, -0.1) is 0 Å². The van der Waals surface area contributed by atoms with Gasteiger partial charge in [-0.2, -0.15) is 22.7 Å². The molecule has 1 aliphatic carbocycles. The predicted octanol–water partition coefficient (Wildman–Crippen LogP) is 4.80. The van der Waals surface area contributed by atoms with Crippen LogP contribution < -0.4 is 4.90 Å². The summed E-state index contributed by atoms with van der Waals surface area (Å²) in [5.41, 5.74) is 0.159. The second kappa shape index (κ2) is 8.58. The molecule has 1 saturated carbocycles. The highest BCUT2D eigenvalue weighted by molar-refractivity contribution is 7.90. The first-order valence-electron chi connectivity index (χ1n) is 10.2. The Morgan fingerprint density at radius 3 is 2.50 bits per heavy atom. The van der Waals surface area contributed by atoms with Gasteiger partial charge in [0.15, 0.2) is 0 Å². The van der Waals surface area contributed by atoms with Gasteiger partial charge in [0.25, 0.3) is 0 Å². The average molecular weight is 484 g/mol. The second-order valence-electron chi connectivity index (χ2n) is 8.10. The van der Waals surface area contributed by atoms with E-state index in [-0.39, 0.29) is 40.5 Å². The van der Waals surface area contributed by atoms with Crippen LogP contribution in [-0.4, -0.2) is 37.1 Å². The molecule has 10 heteroatoms. The number of alkyl halides is 3. The number of hydrogen-bond acceptors (Lipinski definition) is 4. The first kappa shape index (κ1) is 22.9. The Hall–Kier alpha value is -2.28. The summed E-state index contributed by atoms with van der Waals surface area (Å²) in [5.74, 6) is 0. The summed E-state index contributed by atoms with van der Waals surface area (Å²) in [6, 6.07) is 11.7. The van der Waals surface area contributed by atoms with Gasteiger partial charge < -0.3 is 4.90 Å². The maximum atomic E-state index is 13.6.